The maximum Gasteiger partial charge on any atom is 0.260 e. The highest BCUT2D eigenvalue weighted by Crippen LogP contribution is 2.33. The molecule has 3 rings (SSSR count). The third kappa shape index (κ3) is 7.17. The number of aliphatic imine (C=N–C) groups is 1. The standard InChI is InChI=1S/C26H37N7O.C2H6.CH4O/c1-9-13-32(17(4)5)25(28-7)21-11-10-12-22(29-21)33-15-20-19(26(33)34)14-23(31(8)16(2)3)30-24(20)18(6)27;2*1-2/h10-12,14,16,18H,4,9,13,15,27H2,1-3,5-8H3;1-2H3;2H,1H3/t18-;;/m0../s1. The van der Waals surface area contributed by atoms with E-state index >= 15 is 0 Å². The van der Waals surface area contributed by atoms with Gasteiger partial charge in [0.1, 0.15) is 17.3 Å². The van der Waals surface area contributed by atoms with Crippen LogP contribution in [0.15, 0.2) is 41.5 Å². The van der Waals surface area contributed by atoms with Crippen molar-refractivity contribution >= 4 is 23.4 Å². The SMILES string of the molecule is C=C(C)N(CCC)C(=NC)c1cccc(N2Cc3c(cc(N(C)C(C)C)nc3[C@H](C)N)C2=O)n1.CC.CO. The van der Waals surface area contributed by atoms with Crippen molar-refractivity contribution in [3.63, 3.8) is 0 Å². The van der Waals surface area contributed by atoms with Gasteiger partial charge in [0.05, 0.1) is 17.8 Å². The highest BCUT2D eigenvalue weighted by molar-refractivity contribution is 6.10. The van der Waals surface area contributed by atoms with E-state index in [0.29, 0.717) is 23.6 Å². The van der Waals surface area contributed by atoms with Crippen LogP contribution in [0.5, 0.6) is 0 Å². The number of amidine groups is 1. The molecule has 9 nitrogen and oxygen atoms in total. The van der Waals surface area contributed by atoms with Crippen LogP contribution in [0.25, 0.3) is 0 Å². The van der Waals surface area contributed by atoms with Gasteiger partial charge in [-0.3, -0.25) is 14.7 Å². The number of aliphatic hydroxyl groups excluding tert-OH is 1. The van der Waals surface area contributed by atoms with Crippen LogP contribution in [0.3, 0.4) is 0 Å². The molecule has 210 valence electrons. The third-order valence-corrected chi connectivity index (χ3v) is 6.12. The second kappa shape index (κ2) is 15.2. The minimum Gasteiger partial charge on any atom is -0.400 e. The predicted octanol–water partition coefficient (Wildman–Crippen LogP) is 4.76. The number of hydrogen-bond acceptors (Lipinski definition) is 7. The van der Waals surface area contributed by atoms with Gasteiger partial charge in [-0.05, 0) is 52.3 Å². The van der Waals surface area contributed by atoms with Crippen LogP contribution < -0.4 is 15.5 Å². The number of allylic oxidation sites excluding steroid dienone is 1. The fourth-order valence-electron chi connectivity index (χ4n) is 4.09. The number of nitrogens with two attached hydrogens (primary N) is 1. The number of hydrogen-bond donors (Lipinski definition) is 2. The molecule has 0 saturated carbocycles. The molecule has 9 heteroatoms. The fourth-order valence-corrected chi connectivity index (χ4v) is 4.09. The van der Waals surface area contributed by atoms with E-state index in [2.05, 4.69) is 37.2 Å². The molecular weight excluding hydrogens is 478 g/mol. The van der Waals surface area contributed by atoms with Crippen molar-refractivity contribution in [2.75, 3.05) is 37.5 Å². The Hall–Kier alpha value is -3.30. The third-order valence-electron chi connectivity index (χ3n) is 6.12. The lowest BCUT2D eigenvalue weighted by Gasteiger charge is -2.26. The Kier molecular flexibility index (Phi) is 13.1. The Bertz CT molecular complexity index is 1110. The molecule has 0 fully saturated rings. The molecule has 0 bridgehead atoms. The first kappa shape index (κ1) is 32.7. The number of amides is 1. The van der Waals surface area contributed by atoms with Gasteiger partial charge in [-0.1, -0.05) is 33.4 Å². The second-order valence-corrected chi connectivity index (χ2v) is 9.09. The summed E-state index contributed by atoms with van der Waals surface area (Å²) in [5.74, 6) is 1.96. The summed E-state index contributed by atoms with van der Waals surface area (Å²) in [6.07, 6.45) is 0.950. The molecular formula is C29H47N7O2. The molecule has 0 aromatic carbocycles. The van der Waals surface area contributed by atoms with Gasteiger partial charge in [-0.15, -0.1) is 0 Å². The van der Waals surface area contributed by atoms with Gasteiger partial charge in [-0.25, -0.2) is 9.97 Å². The molecule has 38 heavy (non-hydrogen) atoms. The Morgan fingerprint density at radius 2 is 1.87 bits per heavy atom. The Morgan fingerprint density at radius 3 is 2.37 bits per heavy atom. The second-order valence-electron chi connectivity index (χ2n) is 9.09. The molecule has 0 unspecified atom stereocenters. The minimum atomic E-state index is -0.293. The first-order chi connectivity index (χ1) is 18.1. The number of pyridine rings is 2. The molecule has 3 heterocycles. The van der Waals surface area contributed by atoms with Gasteiger partial charge in [0.15, 0.2) is 5.84 Å². The average molecular weight is 526 g/mol. The van der Waals surface area contributed by atoms with Crippen LogP contribution in [0, 0.1) is 0 Å². The maximum absolute atomic E-state index is 13.6. The van der Waals surface area contributed by atoms with Crippen LogP contribution in [0.4, 0.5) is 11.6 Å². The molecule has 1 amide bonds. The number of carbonyl (C=O) groups excluding carboxylic acids is 1. The molecule has 0 radical (unpaired) electrons. The van der Waals surface area contributed by atoms with Gasteiger partial charge in [0, 0.05) is 51.1 Å². The maximum atomic E-state index is 13.6. The summed E-state index contributed by atoms with van der Waals surface area (Å²) in [6.45, 7) is 19.4. The van der Waals surface area contributed by atoms with Crippen molar-refractivity contribution in [1.29, 1.82) is 0 Å². The lowest BCUT2D eigenvalue weighted by atomic mass is 10.0. The smallest absolute Gasteiger partial charge is 0.260 e. The van der Waals surface area contributed by atoms with Crippen molar-refractivity contribution in [1.82, 2.24) is 14.9 Å². The number of aliphatic hydroxyl groups is 1. The predicted molar refractivity (Wildman–Crippen MR) is 159 cm³/mol. The fraction of sp³-hybridized carbons (Fsp3) is 0.517. The Labute approximate surface area is 229 Å². The van der Waals surface area contributed by atoms with E-state index in [1.54, 1.807) is 11.9 Å². The van der Waals surface area contributed by atoms with Crippen molar-refractivity contribution in [2.45, 2.75) is 73.5 Å². The molecule has 2 aromatic heterocycles. The topological polar surface area (TPSA) is 111 Å². The summed E-state index contributed by atoms with van der Waals surface area (Å²) in [4.78, 5) is 33.5. The van der Waals surface area contributed by atoms with Gasteiger partial charge in [-0.2, -0.15) is 0 Å². The molecule has 0 spiro atoms. The average Bonchev–Trinajstić information content (AvgIpc) is 3.26. The summed E-state index contributed by atoms with van der Waals surface area (Å²) in [7, 11) is 4.72. The first-order valence-electron chi connectivity index (χ1n) is 13.3. The van der Waals surface area contributed by atoms with Crippen molar-refractivity contribution in [3.8, 4) is 0 Å². The number of aromatic nitrogens is 2. The van der Waals surface area contributed by atoms with E-state index in [4.69, 9.17) is 20.8 Å². The quantitative estimate of drug-likeness (QED) is 0.378. The van der Waals surface area contributed by atoms with E-state index in [1.165, 1.54) is 0 Å². The van der Waals surface area contributed by atoms with Gasteiger partial charge >= 0.3 is 0 Å². The van der Waals surface area contributed by atoms with Gasteiger partial charge < -0.3 is 20.6 Å². The zero-order chi connectivity index (χ0) is 29.2. The van der Waals surface area contributed by atoms with Gasteiger partial charge in [0.2, 0.25) is 0 Å². The van der Waals surface area contributed by atoms with Crippen LogP contribution in [-0.2, 0) is 6.54 Å². The number of anilines is 2. The number of rotatable bonds is 8. The van der Waals surface area contributed by atoms with Crippen LogP contribution in [0.1, 0.15) is 88.2 Å². The summed E-state index contributed by atoms with van der Waals surface area (Å²) >= 11 is 0. The Morgan fingerprint density at radius 1 is 1.24 bits per heavy atom. The molecule has 3 N–H and O–H groups in total. The Balaban J connectivity index is 0.00000172. The van der Waals surface area contributed by atoms with Crippen LogP contribution in [-0.4, -0.2) is 65.5 Å². The van der Waals surface area contributed by atoms with E-state index < -0.39 is 0 Å². The van der Waals surface area contributed by atoms with Crippen molar-refractivity contribution in [3.05, 3.63) is 59.1 Å². The number of carbonyl (C=O) groups is 1. The summed E-state index contributed by atoms with van der Waals surface area (Å²) in [6, 6.07) is 7.49. The zero-order valence-electron chi connectivity index (χ0n) is 24.9. The molecule has 0 aliphatic carbocycles. The van der Waals surface area contributed by atoms with E-state index in [1.807, 2.05) is 63.9 Å². The largest absolute Gasteiger partial charge is 0.400 e. The van der Waals surface area contributed by atoms with Gasteiger partial charge in [0.25, 0.3) is 5.91 Å². The van der Waals surface area contributed by atoms with Crippen LogP contribution >= 0.6 is 0 Å². The number of nitrogens with zero attached hydrogens (tertiary/aromatic N) is 6. The highest BCUT2D eigenvalue weighted by atomic mass is 16.2. The van der Waals surface area contributed by atoms with E-state index in [0.717, 1.165) is 48.7 Å². The van der Waals surface area contributed by atoms with Crippen molar-refractivity contribution in [2.24, 2.45) is 10.7 Å². The normalized spacial score (nSPS) is 13.2. The summed E-state index contributed by atoms with van der Waals surface area (Å²) in [5.41, 5.74) is 10.1. The molecule has 0 saturated heterocycles. The molecule has 1 aliphatic rings. The summed E-state index contributed by atoms with van der Waals surface area (Å²) < 4.78 is 0. The minimum absolute atomic E-state index is 0.0948. The molecule has 1 atom stereocenters. The van der Waals surface area contributed by atoms with Crippen LogP contribution in [0.2, 0.25) is 0 Å². The molecule has 2 aromatic rings. The number of fused-ring (bicyclic) bond motifs is 1. The van der Waals surface area contributed by atoms with E-state index in [-0.39, 0.29) is 18.0 Å². The lowest BCUT2D eigenvalue weighted by molar-refractivity contribution is 0.0996. The lowest BCUT2D eigenvalue weighted by Crippen LogP contribution is -2.32. The zero-order valence-corrected chi connectivity index (χ0v) is 24.9. The monoisotopic (exact) mass is 525 g/mol. The highest BCUT2D eigenvalue weighted by Gasteiger charge is 2.34. The summed E-state index contributed by atoms with van der Waals surface area (Å²) in [5, 5.41) is 7.00. The molecule has 1 aliphatic heterocycles. The van der Waals surface area contributed by atoms with E-state index in [9.17, 15) is 4.79 Å². The first-order valence-corrected chi connectivity index (χ1v) is 13.3. The van der Waals surface area contributed by atoms with Crippen molar-refractivity contribution < 1.29 is 9.90 Å².